The molecule has 0 fully saturated rings. The summed E-state index contributed by atoms with van der Waals surface area (Å²) in [5.74, 6) is 0.149. The number of carbonyl (C=O) groups is 1. The summed E-state index contributed by atoms with van der Waals surface area (Å²) in [5, 5.41) is 13.7. The molecule has 0 saturated heterocycles. The molecule has 112 valence electrons. The third kappa shape index (κ3) is 5.13. The van der Waals surface area contributed by atoms with E-state index >= 15 is 0 Å². The number of carboxylic acids is 1. The van der Waals surface area contributed by atoms with Crippen LogP contribution in [-0.2, 0) is 4.79 Å². The predicted octanol–water partition coefficient (Wildman–Crippen LogP) is 3.19. The molecule has 0 amide bonds. The second-order valence-electron chi connectivity index (χ2n) is 4.79. The molecule has 4 nitrogen and oxygen atoms in total. The summed E-state index contributed by atoms with van der Waals surface area (Å²) in [6.07, 6.45) is 4.84. The summed E-state index contributed by atoms with van der Waals surface area (Å²) in [6.45, 7) is 4.72. The molecule has 2 N–H and O–H groups in total. The van der Waals surface area contributed by atoms with E-state index in [9.17, 15) is 9.90 Å². The lowest BCUT2D eigenvalue weighted by Crippen LogP contribution is -2.52. The number of aromatic nitrogens is 1. The molecule has 0 aromatic carbocycles. The SMILES string of the molecule is CCCNC(CC)(CCCSc1ccccn1)C(=O)O. The molecule has 5 heteroatoms. The summed E-state index contributed by atoms with van der Waals surface area (Å²) in [6, 6.07) is 5.83. The largest absolute Gasteiger partial charge is 0.480 e. The molecule has 0 bridgehead atoms. The van der Waals surface area contributed by atoms with Crippen molar-refractivity contribution in [3.05, 3.63) is 24.4 Å². The molecule has 1 unspecified atom stereocenters. The van der Waals surface area contributed by atoms with Gasteiger partial charge < -0.3 is 10.4 Å². The van der Waals surface area contributed by atoms with E-state index in [4.69, 9.17) is 0 Å². The molecule has 0 radical (unpaired) electrons. The van der Waals surface area contributed by atoms with Crippen LogP contribution in [0.5, 0.6) is 0 Å². The van der Waals surface area contributed by atoms with Crippen LogP contribution in [0.1, 0.15) is 39.5 Å². The van der Waals surface area contributed by atoms with E-state index in [2.05, 4.69) is 10.3 Å². The average Bonchev–Trinajstić information content (AvgIpc) is 2.47. The monoisotopic (exact) mass is 296 g/mol. The zero-order chi connectivity index (χ0) is 14.8. The number of nitrogens with zero attached hydrogens (tertiary/aromatic N) is 1. The molecule has 1 aromatic heterocycles. The Balaban J connectivity index is 2.44. The van der Waals surface area contributed by atoms with Gasteiger partial charge in [0.15, 0.2) is 0 Å². The third-order valence-electron chi connectivity index (χ3n) is 3.36. The van der Waals surface area contributed by atoms with Crippen molar-refractivity contribution in [1.82, 2.24) is 10.3 Å². The van der Waals surface area contributed by atoms with Gasteiger partial charge in [0.2, 0.25) is 0 Å². The number of hydrogen-bond donors (Lipinski definition) is 2. The second-order valence-corrected chi connectivity index (χ2v) is 5.90. The number of hydrogen-bond acceptors (Lipinski definition) is 4. The lowest BCUT2D eigenvalue weighted by Gasteiger charge is -2.29. The van der Waals surface area contributed by atoms with Gasteiger partial charge >= 0.3 is 5.97 Å². The van der Waals surface area contributed by atoms with E-state index < -0.39 is 11.5 Å². The Bertz CT molecular complexity index is 400. The number of nitrogens with one attached hydrogen (secondary N) is 1. The zero-order valence-electron chi connectivity index (χ0n) is 12.3. The number of rotatable bonds is 10. The Labute approximate surface area is 125 Å². The first-order valence-electron chi connectivity index (χ1n) is 7.17. The third-order valence-corrected chi connectivity index (χ3v) is 4.39. The first kappa shape index (κ1) is 17.0. The van der Waals surface area contributed by atoms with Gasteiger partial charge in [-0.3, -0.25) is 4.79 Å². The van der Waals surface area contributed by atoms with Crippen LogP contribution < -0.4 is 5.32 Å². The molecule has 1 heterocycles. The Morgan fingerprint density at radius 2 is 2.25 bits per heavy atom. The van der Waals surface area contributed by atoms with Crippen LogP contribution >= 0.6 is 11.8 Å². The van der Waals surface area contributed by atoms with Gasteiger partial charge in [-0.05, 0) is 50.1 Å². The van der Waals surface area contributed by atoms with Gasteiger partial charge in [0.25, 0.3) is 0 Å². The molecule has 20 heavy (non-hydrogen) atoms. The fraction of sp³-hybridized carbons (Fsp3) is 0.600. The highest BCUT2D eigenvalue weighted by molar-refractivity contribution is 7.99. The number of thioether (sulfide) groups is 1. The molecular formula is C15H24N2O2S. The lowest BCUT2D eigenvalue weighted by atomic mass is 9.90. The van der Waals surface area contributed by atoms with Gasteiger partial charge in [0, 0.05) is 6.20 Å². The van der Waals surface area contributed by atoms with Crippen LogP contribution in [0, 0.1) is 0 Å². The molecule has 1 atom stereocenters. The Kier molecular flexibility index (Phi) is 7.62. The Morgan fingerprint density at radius 1 is 1.45 bits per heavy atom. The van der Waals surface area contributed by atoms with Crippen LogP contribution in [0.2, 0.25) is 0 Å². The Morgan fingerprint density at radius 3 is 2.80 bits per heavy atom. The maximum atomic E-state index is 11.5. The minimum atomic E-state index is -0.777. The smallest absolute Gasteiger partial charge is 0.323 e. The van der Waals surface area contributed by atoms with Crippen molar-refractivity contribution in [3.8, 4) is 0 Å². The van der Waals surface area contributed by atoms with E-state index in [1.807, 2.05) is 32.0 Å². The molecule has 0 saturated carbocycles. The van der Waals surface area contributed by atoms with Crippen molar-refractivity contribution in [2.75, 3.05) is 12.3 Å². The molecule has 0 aliphatic carbocycles. The number of aliphatic carboxylic acids is 1. The van der Waals surface area contributed by atoms with Crippen molar-refractivity contribution >= 4 is 17.7 Å². The van der Waals surface area contributed by atoms with Gasteiger partial charge in [-0.15, -0.1) is 11.8 Å². The fourth-order valence-corrected chi connectivity index (χ4v) is 2.88. The van der Waals surface area contributed by atoms with Crippen molar-refractivity contribution in [2.24, 2.45) is 0 Å². The number of pyridine rings is 1. The topological polar surface area (TPSA) is 62.2 Å². The first-order valence-corrected chi connectivity index (χ1v) is 8.15. The molecule has 1 aromatic rings. The highest BCUT2D eigenvalue weighted by atomic mass is 32.2. The van der Waals surface area contributed by atoms with Gasteiger partial charge in [0.05, 0.1) is 5.03 Å². The number of carboxylic acid groups (broad SMARTS) is 1. The van der Waals surface area contributed by atoms with Crippen molar-refractivity contribution in [1.29, 1.82) is 0 Å². The highest BCUT2D eigenvalue weighted by Gasteiger charge is 2.35. The molecule has 1 rings (SSSR count). The predicted molar refractivity (Wildman–Crippen MR) is 83.1 cm³/mol. The van der Waals surface area contributed by atoms with E-state index in [0.29, 0.717) is 12.8 Å². The van der Waals surface area contributed by atoms with Gasteiger partial charge in [-0.2, -0.15) is 0 Å². The van der Waals surface area contributed by atoms with Crippen molar-refractivity contribution < 1.29 is 9.90 Å². The molecule has 0 spiro atoms. The second kappa shape index (κ2) is 8.97. The summed E-state index contributed by atoms with van der Waals surface area (Å²) in [5.41, 5.74) is -0.777. The maximum Gasteiger partial charge on any atom is 0.323 e. The normalized spacial score (nSPS) is 13.9. The van der Waals surface area contributed by atoms with Crippen molar-refractivity contribution in [3.63, 3.8) is 0 Å². The van der Waals surface area contributed by atoms with Crippen LogP contribution in [0.15, 0.2) is 29.4 Å². The van der Waals surface area contributed by atoms with Gasteiger partial charge in [-0.1, -0.05) is 19.9 Å². The van der Waals surface area contributed by atoms with Crippen LogP contribution in [-0.4, -0.2) is 33.9 Å². The average molecular weight is 296 g/mol. The fourth-order valence-electron chi connectivity index (χ4n) is 2.07. The maximum absolute atomic E-state index is 11.5. The Hall–Kier alpha value is -1.07. The minimum absolute atomic E-state index is 0.608. The standard InChI is InChI=1S/C15H24N2O2S/c1-3-10-17-15(4-2,14(18)19)9-7-12-20-13-8-5-6-11-16-13/h5-6,8,11,17H,3-4,7,9-10,12H2,1-2H3,(H,18,19). The zero-order valence-corrected chi connectivity index (χ0v) is 13.1. The van der Waals surface area contributed by atoms with Crippen LogP contribution in [0.3, 0.4) is 0 Å². The van der Waals surface area contributed by atoms with E-state index in [0.717, 1.165) is 30.2 Å². The summed E-state index contributed by atoms with van der Waals surface area (Å²) in [4.78, 5) is 15.8. The summed E-state index contributed by atoms with van der Waals surface area (Å²) in [7, 11) is 0. The highest BCUT2D eigenvalue weighted by Crippen LogP contribution is 2.22. The van der Waals surface area contributed by atoms with Crippen LogP contribution in [0.4, 0.5) is 0 Å². The molecular weight excluding hydrogens is 272 g/mol. The van der Waals surface area contributed by atoms with Gasteiger partial charge in [-0.25, -0.2) is 4.98 Å². The van der Waals surface area contributed by atoms with Gasteiger partial charge in [0.1, 0.15) is 5.54 Å². The van der Waals surface area contributed by atoms with E-state index in [1.165, 1.54) is 0 Å². The minimum Gasteiger partial charge on any atom is -0.480 e. The molecule has 0 aliphatic heterocycles. The van der Waals surface area contributed by atoms with Crippen LogP contribution in [0.25, 0.3) is 0 Å². The molecule has 0 aliphatic rings. The van der Waals surface area contributed by atoms with E-state index in [-0.39, 0.29) is 0 Å². The first-order chi connectivity index (χ1) is 9.64. The summed E-state index contributed by atoms with van der Waals surface area (Å²) >= 11 is 1.68. The lowest BCUT2D eigenvalue weighted by molar-refractivity contribution is -0.145. The van der Waals surface area contributed by atoms with Crippen molar-refractivity contribution in [2.45, 2.75) is 50.1 Å². The van der Waals surface area contributed by atoms with E-state index in [1.54, 1.807) is 18.0 Å². The quantitative estimate of drug-likeness (QED) is 0.513. The summed E-state index contributed by atoms with van der Waals surface area (Å²) < 4.78 is 0.